The molecule has 1 N–H and O–H groups in total. The molecule has 1 aliphatic rings. The average Bonchev–Trinajstić information content (AvgIpc) is 3.14. The van der Waals surface area contributed by atoms with E-state index in [4.69, 9.17) is 4.74 Å². The van der Waals surface area contributed by atoms with Crippen molar-refractivity contribution in [1.82, 2.24) is 0 Å². The van der Waals surface area contributed by atoms with Crippen molar-refractivity contribution < 1.29 is 19.1 Å². The van der Waals surface area contributed by atoms with Crippen LogP contribution >= 0.6 is 0 Å². The van der Waals surface area contributed by atoms with Gasteiger partial charge in [0.1, 0.15) is 5.60 Å². The van der Waals surface area contributed by atoms with Gasteiger partial charge in [0.15, 0.2) is 0 Å². The van der Waals surface area contributed by atoms with E-state index in [9.17, 15) is 14.4 Å². The maximum Gasteiger partial charge on any atom is 0.313 e. The van der Waals surface area contributed by atoms with Crippen LogP contribution in [0.25, 0.3) is 0 Å². The molecule has 3 aromatic rings. The van der Waals surface area contributed by atoms with Crippen LogP contribution in [0.3, 0.4) is 0 Å². The zero-order valence-electron chi connectivity index (χ0n) is 19.8. The second-order valence-electron chi connectivity index (χ2n) is 9.43. The number of anilines is 2. The first kappa shape index (κ1) is 23.2. The fourth-order valence-electron chi connectivity index (χ4n) is 3.85. The van der Waals surface area contributed by atoms with Gasteiger partial charge >= 0.3 is 5.97 Å². The highest BCUT2D eigenvalue weighted by atomic mass is 16.6. The Hall–Kier alpha value is -3.93. The van der Waals surface area contributed by atoms with E-state index in [-0.39, 0.29) is 17.8 Å². The van der Waals surface area contributed by atoms with E-state index in [0.717, 1.165) is 16.8 Å². The monoisotopic (exact) mass is 456 g/mol. The number of hydrogen-bond donors (Lipinski definition) is 1. The molecule has 6 heteroatoms. The Morgan fingerprint density at radius 2 is 1.65 bits per heavy atom. The number of benzene rings is 3. The van der Waals surface area contributed by atoms with Gasteiger partial charge in [-0.05, 0) is 75.2 Å². The quantitative estimate of drug-likeness (QED) is 0.511. The molecule has 34 heavy (non-hydrogen) atoms. The predicted octanol–water partition coefficient (Wildman–Crippen LogP) is 5.54. The Morgan fingerprint density at radius 1 is 0.971 bits per heavy atom. The number of rotatable bonds is 5. The Balaban J connectivity index is 1.47. The van der Waals surface area contributed by atoms with Gasteiger partial charge in [0, 0.05) is 22.5 Å². The Labute approximate surface area is 199 Å². The molecule has 6 nitrogen and oxygen atoms in total. The Kier molecular flexibility index (Phi) is 6.24. The number of fused-ring (bicyclic) bond motifs is 1. The van der Waals surface area contributed by atoms with Crippen molar-refractivity contribution in [3.8, 4) is 0 Å². The molecule has 0 saturated heterocycles. The lowest BCUT2D eigenvalue weighted by molar-refractivity contribution is -0.156. The Bertz CT molecular complexity index is 1230. The molecule has 1 atom stereocenters. The number of esters is 1. The SMILES string of the molecule is CC(C(=O)OC(C)(C)C)c1ccc(N2Cc3ccc(NC(=O)c4ccccc4)cc3C2=O)cc1. The van der Waals surface area contributed by atoms with Crippen LogP contribution in [0.1, 0.15) is 65.5 Å². The van der Waals surface area contributed by atoms with Gasteiger partial charge in [-0.15, -0.1) is 0 Å². The summed E-state index contributed by atoms with van der Waals surface area (Å²) < 4.78 is 5.48. The lowest BCUT2D eigenvalue weighted by Crippen LogP contribution is -2.27. The minimum Gasteiger partial charge on any atom is -0.460 e. The van der Waals surface area contributed by atoms with Gasteiger partial charge in [-0.1, -0.05) is 36.4 Å². The van der Waals surface area contributed by atoms with Gasteiger partial charge in [-0.2, -0.15) is 0 Å². The minimum atomic E-state index is -0.543. The molecule has 3 aromatic carbocycles. The molecule has 4 rings (SSSR count). The first-order valence-electron chi connectivity index (χ1n) is 11.3. The molecule has 0 bridgehead atoms. The standard InChI is InChI=1S/C28H28N2O4/c1-18(27(33)34-28(2,3)4)19-11-14-23(15-12-19)30-17-21-10-13-22(16-24(21)26(30)32)29-25(31)20-8-6-5-7-9-20/h5-16,18H,17H2,1-4H3,(H,29,31). The summed E-state index contributed by atoms with van der Waals surface area (Å²) in [7, 11) is 0. The van der Waals surface area contributed by atoms with Gasteiger partial charge in [0.2, 0.25) is 0 Å². The molecule has 1 heterocycles. The summed E-state index contributed by atoms with van der Waals surface area (Å²) in [6, 6.07) is 21.7. The van der Waals surface area contributed by atoms with Crippen LogP contribution in [0.4, 0.5) is 11.4 Å². The number of amides is 2. The van der Waals surface area contributed by atoms with Crippen molar-refractivity contribution in [3.63, 3.8) is 0 Å². The third-order valence-electron chi connectivity index (χ3n) is 5.67. The molecule has 0 radical (unpaired) electrons. The van der Waals surface area contributed by atoms with Crippen molar-refractivity contribution in [2.45, 2.75) is 45.8 Å². The molecule has 0 fully saturated rings. The normalized spacial score (nSPS) is 13.9. The van der Waals surface area contributed by atoms with Gasteiger partial charge in [0.25, 0.3) is 11.8 Å². The van der Waals surface area contributed by atoms with E-state index in [2.05, 4.69) is 5.32 Å². The van der Waals surface area contributed by atoms with E-state index < -0.39 is 11.5 Å². The van der Waals surface area contributed by atoms with Crippen molar-refractivity contribution in [1.29, 1.82) is 0 Å². The van der Waals surface area contributed by atoms with Crippen LogP contribution in [0.15, 0.2) is 72.8 Å². The molecule has 1 unspecified atom stereocenters. The van der Waals surface area contributed by atoms with E-state index in [1.165, 1.54) is 0 Å². The topological polar surface area (TPSA) is 75.7 Å². The van der Waals surface area contributed by atoms with Crippen molar-refractivity contribution in [3.05, 3.63) is 95.1 Å². The number of ether oxygens (including phenoxy) is 1. The number of carbonyl (C=O) groups is 3. The first-order chi connectivity index (χ1) is 16.1. The third-order valence-corrected chi connectivity index (χ3v) is 5.67. The first-order valence-corrected chi connectivity index (χ1v) is 11.3. The zero-order chi connectivity index (χ0) is 24.5. The van der Waals surface area contributed by atoms with Crippen LogP contribution in [0.2, 0.25) is 0 Å². The number of hydrogen-bond acceptors (Lipinski definition) is 4. The minimum absolute atomic E-state index is 0.126. The van der Waals surface area contributed by atoms with Crippen LogP contribution in [0, 0.1) is 0 Å². The summed E-state index contributed by atoms with van der Waals surface area (Å²) in [6.45, 7) is 7.79. The molecular formula is C28H28N2O4. The Morgan fingerprint density at radius 3 is 2.29 bits per heavy atom. The lowest BCUT2D eigenvalue weighted by atomic mass is 10.0. The number of nitrogens with zero attached hydrogens (tertiary/aromatic N) is 1. The van der Waals surface area contributed by atoms with Gasteiger partial charge in [-0.3, -0.25) is 14.4 Å². The molecule has 2 amide bonds. The highest BCUT2D eigenvalue weighted by Crippen LogP contribution is 2.31. The number of carbonyl (C=O) groups excluding carboxylic acids is 3. The van der Waals surface area contributed by atoms with Crippen LogP contribution < -0.4 is 10.2 Å². The molecular weight excluding hydrogens is 428 g/mol. The molecule has 0 spiro atoms. The summed E-state index contributed by atoms with van der Waals surface area (Å²) in [6.07, 6.45) is 0. The maximum atomic E-state index is 13.1. The molecule has 1 aliphatic heterocycles. The fraction of sp³-hybridized carbons (Fsp3) is 0.250. The highest BCUT2D eigenvalue weighted by Gasteiger charge is 2.29. The number of nitrogens with one attached hydrogen (secondary N) is 1. The van der Waals surface area contributed by atoms with E-state index in [1.54, 1.807) is 35.2 Å². The van der Waals surface area contributed by atoms with E-state index in [0.29, 0.717) is 23.4 Å². The highest BCUT2D eigenvalue weighted by molar-refractivity contribution is 6.11. The largest absolute Gasteiger partial charge is 0.460 e. The van der Waals surface area contributed by atoms with E-state index >= 15 is 0 Å². The fourth-order valence-corrected chi connectivity index (χ4v) is 3.85. The summed E-state index contributed by atoms with van der Waals surface area (Å²) >= 11 is 0. The lowest BCUT2D eigenvalue weighted by Gasteiger charge is -2.23. The van der Waals surface area contributed by atoms with Gasteiger partial charge < -0.3 is 15.0 Å². The van der Waals surface area contributed by atoms with Gasteiger partial charge in [0.05, 0.1) is 12.5 Å². The maximum absolute atomic E-state index is 13.1. The molecule has 0 aromatic heterocycles. The summed E-state index contributed by atoms with van der Waals surface area (Å²) in [5.41, 5.74) is 3.62. The summed E-state index contributed by atoms with van der Waals surface area (Å²) in [5, 5.41) is 2.86. The molecule has 174 valence electrons. The van der Waals surface area contributed by atoms with Crippen LogP contribution in [-0.2, 0) is 16.1 Å². The zero-order valence-corrected chi connectivity index (χ0v) is 19.8. The molecule has 0 saturated carbocycles. The smallest absolute Gasteiger partial charge is 0.313 e. The second-order valence-corrected chi connectivity index (χ2v) is 9.43. The van der Waals surface area contributed by atoms with Crippen molar-refractivity contribution >= 4 is 29.2 Å². The predicted molar refractivity (Wildman–Crippen MR) is 132 cm³/mol. The second kappa shape index (κ2) is 9.14. The van der Waals surface area contributed by atoms with Gasteiger partial charge in [-0.25, -0.2) is 0 Å². The van der Waals surface area contributed by atoms with Crippen molar-refractivity contribution in [2.75, 3.05) is 10.2 Å². The average molecular weight is 457 g/mol. The summed E-state index contributed by atoms with van der Waals surface area (Å²) in [5.74, 6) is -1.04. The van der Waals surface area contributed by atoms with Crippen LogP contribution in [0.5, 0.6) is 0 Å². The molecule has 0 aliphatic carbocycles. The van der Waals surface area contributed by atoms with E-state index in [1.807, 2.05) is 70.2 Å². The van der Waals surface area contributed by atoms with Crippen LogP contribution in [-0.4, -0.2) is 23.4 Å². The summed E-state index contributed by atoms with van der Waals surface area (Å²) in [4.78, 5) is 39.7. The third kappa shape index (κ3) is 5.01. The van der Waals surface area contributed by atoms with Crippen molar-refractivity contribution in [2.24, 2.45) is 0 Å².